The number of nitrogens with zero attached hydrogens (tertiary/aromatic N) is 5. The third-order valence-electron chi connectivity index (χ3n) is 4.45. The average molecular weight is 347 g/mol. The van der Waals surface area contributed by atoms with Gasteiger partial charge in [-0.3, -0.25) is 4.68 Å². The second-order valence-corrected chi connectivity index (χ2v) is 6.58. The van der Waals surface area contributed by atoms with E-state index in [-0.39, 0.29) is 0 Å². The fourth-order valence-corrected chi connectivity index (χ4v) is 3.09. The van der Waals surface area contributed by atoms with Crippen molar-refractivity contribution < 1.29 is 0 Å². The Kier molecular flexibility index (Phi) is 4.35. The smallest absolute Gasteiger partial charge is 0.203 e. The van der Waals surface area contributed by atoms with Gasteiger partial charge in [0.05, 0.1) is 6.20 Å². The van der Waals surface area contributed by atoms with Crippen LogP contribution in [-0.2, 0) is 19.4 Å². The number of nitrogen functional groups attached to an aromatic ring is 1. The Morgan fingerprint density at radius 3 is 2.81 bits per heavy atom. The summed E-state index contributed by atoms with van der Waals surface area (Å²) in [6, 6.07) is 10.6. The van der Waals surface area contributed by atoms with Gasteiger partial charge >= 0.3 is 0 Å². The lowest BCUT2D eigenvalue weighted by atomic mass is 10.1. The zero-order valence-corrected chi connectivity index (χ0v) is 14.7. The summed E-state index contributed by atoms with van der Waals surface area (Å²) < 4.78 is 1.99. The van der Waals surface area contributed by atoms with Gasteiger partial charge in [-0.2, -0.15) is 15.4 Å². The minimum Gasteiger partial charge on any atom is -0.384 e. The van der Waals surface area contributed by atoms with Gasteiger partial charge < -0.3 is 5.73 Å². The van der Waals surface area contributed by atoms with E-state index in [1.165, 1.54) is 11.1 Å². The van der Waals surface area contributed by atoms with Crippen LogP contribution < -0.4 is 5.73 Å². The molecule has 3 heterocycles. The molecule has 0 atom stereocenters. The number of pyridine rings is 1. The first kappa shape index (κ1) is 16.3. The van der Waals surface area contributed by atoms with E-state index in [0.29, 0.717) is 17.9 Å². The molecular weight excluding hydrogens is 326 g/mol. The molecule has 4 aromatic rings. The minimum atomic E-state index is 0.451. The van der Waals surface area contributed by atoms with Crippen LogP contribution in [0.1, 0.15) is 28.7 Å². The Balaban J connectivity index is 1.39. The lowest BCUT2D eigenvalue weighted by molar-refractivity contribution is 0.578. The number of nitrogens with one attached hydrogen (secondary N) is 1. The molecule has 0 bridgehead atoms. The van der Waals surface area contributed by atoms with Crippen molar-refractivity contribution in [3.63, 3.8) is 0 Å². The van der Waals surface area contributed by atoms with Gasteiger partial charge in [-0.25, -0.2) is 4.98 Å². The maximum absolute atomic E-state index is 5.86. The third kappa shape index (κ3) is 3.56. The van der Waals surface area contributed by atoms with Crippen LogP contribution in [0.2, 0.25) is 0 Å². The molecule has 0 aliphatic heterocycles. The molecule has 0 amide bonds. The number of aryl methyl sites for hydroxylation is 3. The summed E-state index contributed by atoms with van der Waals surface area (Å²) in [5.74, 6) is 0.451. The van der Waals surface area contributed by atoms with Crippen LogP contribution in [0.3, 0.4) is 0 Å². The standard InChI is InChI=1S/C19H21N7/c1-13-4-6-14(7-5-13)3-2-8-26-12-15(11-21-26)9-16-10-17(20)22-19-18(16)23-25-24-19/h4-7,10-12H,2-3,8-9H2,1H3,(H3,20,22,23,24,25). The van der Waals surface area contributed by atoms with Gasteiger partial charge in [0.15, 0.2) is 0 Å². The van der Waals surface area contributed by atoms with Crippen LogP contribution in [0, 0.1) is 6.92 Å². The summed E-state index contributed by atoms with van der Waals surface area (Å²) in [4.78, 5) is 4.17. The maximum Gasteiger partial charge on any atom is 0.203 e. The zero-order chi connectivity index (χ0) is 17.9. The molecule has 4 rings (SSSR count). The molecule has 0 unspecified atom stereocenters. The van der Waals surface area contributed by atoms with Crippen molar-refractivity contribution in [2.45, 2.75) is 32.7 Å². The second-order valence-electron chi connectivity index (χ2n) is 6.58. The second kappa shape index (κ2) is 6.95. The van der Waals surface area contributed by atoms with E-state index in [0.717, 1.165) is 36.0 Å². The lowest BCUT2D eigenvalue weighted by Crippen LogP contribution is -2.00. The van der Waals surface area contributed by atoms with Gasteiger partial charge in [-0.05, 0) is 42.5 Å². The van der Waals surface area contributed by atoms with Crippen molar-refractivity contribution in [1.29, 1.82) is 0 Å². The number of aromatic amines is 1. The number of hydrogen-bond acceptors (Lipinski definition) is 5. The summed E-state index contributed by atoms with van der Waals surface area (Å²) in [5, 5.41) is 15.3. The Labute approximate surface area is 151 Å². The summed E-state index contributed by atoms with van der Waals surface area (Å²) in [6.45, 7) is 3.00. The number of benzene rings is 1. The molecular formula is C19H21N7. The summed E-state index contributed by atoms with van der Waals surface area (Å²) in [6.07, 6.45) is 6.79. The third-order valence-corrected chi connectivity index (χ3v) is 4.45. The van der Waals surface area contributed by atoms with Gasteiger partial charge in [0.25, 0.3) is 0 Å². The monoisotopic (exact) mass is 347 g/mol. The molecule has 3 aromatic heterocycles. The largest absolute Gasteiger partial charge is 0.384 e. The van der Waals surface area contributed by atoms with Crippen molar-refractivity contribution in [3.8, 4) is 0 Å². The molecule has 0 radical (unpaired) electrons. The number of rotatable bonds is 6. The number of anilines is 1. The van der Waals surface area contributed by atoms with Crippen LogP contribution in [0.25, 0.3) is 11.2 Å². The highest BCUT2D eigenvalue weighted by molar-refractivity contribution is 5.76. The van der Waals surface area contributed by atoms with E-state index >= 15 is 0 Å². The van der Waals surface area contributed by atoms with E-state index in [9.17, 15) is 0 Å². The molecule has 0 spiro atoms. The first-order chi connectivity index (χ1) is 12.7. The van der Waals surface area contributed by atoms with Crippen molar-refractivity contribution in [2.24, 2.45) is 0 Å². The van der Waals surface area contributed by atoms with Crippen LogP contribution in [-0.4, -0.2) is 30.2 Å². The Hall–Kier alpha value is -3.22. The summed E-state index contributed by atoms with van der Waals surface area (Å²) in [7, 11) is 0. The SMILES string of the molecule is Cc1ccc(CCCn2cc(Cc3cc(N)nc4n[nH]nc34)cn2)cc1. The molecule has 0 fully saturated rings. The summed E-state index contributed by atoms with van der Waals surface area (Å²) >= 11 is 0. The maximum atomic E-state index is 5.86. The first-order valence-electron chi connectivity index (χ1n) is 8.70. The van der Waals surface area contributed by atoms with Gasteiger partial charge in [0.1, 0.15) is 11.3 Å². The number of fused-ring (bicyclic) bond motifs is 1. The van der Waals surface area contributed by atoms with E-state index in [4.69, 9.17) is 5.73 Å². The van der Waals surface area contributed by atoms with Gasteiger partial charge in [-0.15, -0.1) is 5.10 Å². The zero-order valence-electron chi connectivity index (χ0n) is 14.7. The fourth-order valence-electron chi connectivity index (χ4n) is 3.09. The number of H-pyrrole nitrogens is 1. The predicted molar refractivity (Wildman–Crippen MR) is 101 cm³/mol. The molecule has 26 heavy (non-hydrogen) atoms. The number of aromatic nitrogens is 6. The molecule has 1 aromatic carbocycles. The summed E-state index contributed by atoms with van der Waals surface area (Å²) in [5.41, 5.74) is 11.9. The molecule has 7 nitrogen and oxygen atoms in total. The van der Waals surface area contributed by atoms with Gasteiger partial charge in [-0.1, -0.05) is 29.8 Å². The predicted octanol–water partition coefficient (Wildman–Crippen LogP) is 2.66. The van der Waals surface area contributed by atoms with Crippen molar-refractivity contribution in [2.75, 3.05) is 5.73 Å². The molecule has 7 heteroatoms. The highest BCUT2D eigenvalue weighted by Gasteiger charge is 2.10. The molecule has 3 N–H and O–H groups in total. The van der Waals surface area contributed by atoms with Gasteiger partial charge in [0.2, 0.25) is 5.65 Å². The normalized spacial score (nSPS) is 11.3. The molecule has 0 aliphatic carbocycles. The van der Waals surface area contributed by atoms with Crippen molar-refractivity contribution in [3.05, 3.63) is 65.0 Å². The highest BCUT2D eigenvalue weighted by Crippen LogP contribution is 2.19. The topological polar surface area (TPSA) is 98.3 Å². The first-order valence-corrected chi connectivity index (χ1v) is 8.70. The Morgan fingerprint density at radius 1 is 1.12 bits per heavy atom. The lowest BCUT2D eigenvalue weighted by Gasteiger charge is -2.03. The van der Waals surface area contributed by atoms with E-state index in [1.54, 1.807) is 0 Å². The van der Waals surface area contributed by atoms with Crippen LogP contribution in [0.5, 0.6) is 0 Å². The van der Waals surface area contributed by atoms with E-state index < -0.39 is 0 Å². The van der Waals surface area contributed by atoms with Crippen molar-refractivity contribution >= 4 is 17.0 Å². The number of nitrogens with two attached hydrogens (primary N) is 1. The van der Waals surface area contributed by atoms with Crippen molar-refractivity contribution in [1.82, 2.24) is 30.2 Å². The van der Waals surface area contributed by atoms with E-state index in [1.807, 2.05) is 16.9 Å². The van der Waals surface area contributed by atoms with Gasteiger partial charge in [0, 0.05) is 19.2 Å². The van der Waals surface area contributed by atoms with Crippen LogP contribution in [0.15, 0.2) is 42.7 Å². The molecule has 0 saturated carbocycles. The average Bonchev–Trinajstić information content (AvgIpc) is 3.26. The minimum absolute atomic E-state index is 0.451. The van der Waals surface area contributed by atoms with Crippen LogP contribution in [0.4, 0.5) is 5.82 Å². The quantitative estimate of drug-likeness (QED) is 0.559. The molecule has 132 valence electrons. The molecule has 0 aliphatic rings. The highest BCUT2D eigenvalue weighted by atomic mass is 15.3. The van der Waals surface area contributed by atoms with E-state index in [2.05, 4.69) is 62.9 Å². The fraction of sp³-hybridized carbons (Fsp3) is 0.263. The molecule has 0 saturated heterocycles. The number of hydrogen-bond donors (Lipinski definition) is 2. The Bertz CT molecular complexity index is 1010. The van der Waals surface area contributed by atoms with Crippen LogP contribution >= 0.6 is 0 Å². The Morgan fingerprint density at radius 2 is 1.96 bits per heavy atom.